The zero-order valence-electron chi connectivity index (χ0n) is 32.6. The van der Waals surface area contributed by atoms with Crippen LogP contribution in [0.1, 0.15) is 86.2 Å². The van der Waals surface area contributed by atoms with Crippen LogP contribution in [-0.2, 0) is 4.79 Å². The molecule has 3 N–H and O–H groups in total. The van der Waals surface area contributed by atoms with Gasteiger partial charge in [-0.05, 0) is 75.0 Å². The maximum Gasteiger partial charge on any atom is 0.270 e. The monoisotopic (exact) mass is 782 g/mol. The second kappa shape index (κ2) is 17.3. The number of benzene rings is 1. The molecule has 296 valence electrons. The average molecular weight is 783 g/mol. The number of nitrogens with one attached hydrogen (secondary N) is 3. The van der Waals surface area contributed by atoms with Crippen molar-refractivity contribution in [2.24, 2.45) is 10.8 Å². The predicted octanol–water partition coefficient (Wildman–Crippen LogP) is 5.51. The number of hydrogen-bond acceptors (Lipinski definition) is 10. The molecular weight excluding hydrogens is 732 g/mol. The number of nitrogens with zero attached hydrogens (tertiary/aromatic N) is 5. The largest absolute Gasteiger partial charge is 0.492 e. The molecule has 3 aromatic rings. The third-order valence-electron chi connectivity index (χ3n) is 11.1. The number of aromatic nitrogens is 2. The molecule has 13 nitrogen and oxygen atoms in total. The molecule has 3 fully saturated rings. The van der Waals surface area contributed by atoms with Gasteiger partial charge in [0.15, 0.2) is 0 Å². The van der Waals surface area contributed by atoms with Gasteiger partial charge in [-0.15, -0.1) is 0 Å². The molecule has 2 saturated heterocycles. The second-order valence-corrected chi connectivity index (χ2v) is 16.4. The smallest absolute Gasteiger partial charge is 0.270 e. The van der Waals surface area contributed by atoms with Gasteiger partial charge in [-0.1, -0.05) is 45.9 Å². The van der Waals surface area contributed by atoms with Crippen molar-refractivity contribution >= 4 is 35.1 Å². The van der Waals surface area contributed by atoms with Gasteiger partial charge < -0.3 is 30.3 Å². The number of unbranched alkanes of at least 4 members (excludes halogenated alkanes) is 2. The zero-order chi connectivity index (χ0) is 40.0. The summed E-state index contributed by atoms with van der Waals surface area (Å²) < 4.78 is 12.2. The number of piperazine rings is 1. The van der Waals surface area contributed by atoms with Crippen LogP contribution in [0.2, 0.25) is 5.02 Å². The standard InChI is InChI=1S/C42H51ClN8O5/c1-27-9-14-34(38(54)47-27)48-37(53)33-15-13-31(26-45-33)55-22-8-6-7-17-50-18-20-51(21-19-50)35-16-11-29(25-46-35)36(52)49-39-41(2,3)40(42(39,4)5)56-30-12-10-28(24-44)32(43)23-30/h10-13,15-16,23,25-26,34,39-40H,1,6-9,14,17-22H2,2-5H3,(H,47,54)(H,48,53)(H,49,52)/t34?,39-,40-. The van der Waals surface area contributed by atoms with Gasteiger partial charge in [-0.25, -0.2) is 9.97 Å². The number of hydrogen-bond donors (Lipinski definition) is 3. The Bertz CT molecular complexity index is 1940. The van der Waals surface area contributed by atoms with Gasteiger partial charge in [0, 0.05) is 61.0 Å². The van der Waals surface area contributed by atoms with Gasteiger partial charge in [0.2, 0.25) is 5.91 Å². The number of halogens is 1. The van der Waals surface area contributed by atoms with Crippen molar-refractivity contribution in [2.75, 3.05) is 44.2 Å². The minimum atomic E-state index is -0.591. The highest BCUT2D eigenvalue weighted by Gasteiger charge is 2.64. The van der Waals surface area contributed by atoms with E-state index in [-0.39, 0.29) is 40.5 Å². The first-order valence-electron chi connectivity index (χ1n) is 19.2. The van der Waals surface area contributed by atoms with E-state index < -0.39 is 11.9 Å². The molecule has 2 aliphatic heterocycles. The van der Waals surface area contributed by atoms with E-state index in [2.05, 4.69) is 76.1 Å². The molecule has 3 amide bonds. The Labute approximate surface area is 333 Å². The molecule has 0 bridgehead atoms. The summed E-state index contributed by atoms with van der Waals surface area (Å²) >= 11 is 6.23. The molecule has 1 atom stereocenters. The highest BCUT2D eigenvalue weighted by Crippen LogP contribution is 2.55. The van der Waals surface area contributed by atoms with Crippen molar-refractivity contribution in [1.29, 1.82) is 5.26 Å². The van der Waals surface area contributed by atoms with Crippen molar-refractivity contribution < 1.29 is 23.9 Å². The van der Waals surface area contributed by atoms with Crippen LogP contribution in [0.4, 0.5) is 5.82 Å². The fourth-order valence-corrected chi connectivity index (χ4v) is 8.48. The Morgan fingerprint density at radius 3 is 2.36 bits per heavy atom. The minimum Gasteiger partial charge on any atom is -0.492 e. The summed E-state index contributed by atoms with van der Waals surface area (Å²) in [6, 6.07) is 13.5. The SMILES string of the molecule is C=C1CCC(NC(=O)c2ccc(OCCCCCN3CCN(c4ccc(C(=O)N[C@H]5C(C)(C)[C@H](Oc6ccc(C#N)c(Cl)c6)C5(C)C)cn4)CC3)cn2)C(=O)N1. The van der Waals surface area contributed by atoms with Gasteiger partial charge in [-0.2, -0.15) is 5.26 Å². The van der Waals surface area contributed by atoms with Crippen LogP contribution in [0.25, 0.3) is 0 Å². The summed E-state index contributed by atoms with van der Waals surface area (Å²) in [5.41, 5.74) is 1.09. The van der Waals surface area contributed by atoms with Gasteiger partial charge in [0.05, 0.1) is 29.0 Å². The van der Waals surface area contributed by atoms with Gasteiger partial charge in [-0.3, -0.25) is 19.3 Å². The number of carbonyl (C=O) groups excluding carboxylic acids is 3. The van der Waals surface area contributed by atoms with Crippen molar-refractivity contribution in [3.8, 4) is 17.6 Å². The lowest BCUT2D eigenvalue weighted by Gasteiger charge is -2.63. The van der Waals surface area contributed by atoms with E-state index in [0.29, 0.717) is 52.8 Å². The fourth-order valence-electron chi connectivity index (χ4n) is 8.27. The number of piperidine rings is 1. The van der Waals surface area contributed by atoms with Crippen molar-refractivity contribution in [3.05, 3.63) is 89.0 Å². The predicted molar refractivity (Wildman–Crippen MR) is 214 cm³/mol. The molecule has 3 aliphatic rings. The summed E-state index contributed by atoms with van der Waals surface area (Å²) in [4.78, 5) is 51.6. The quantitative estimate of drug-likeness (QED) is 0.178. The highest BCUT2D eigenvalue weighted by atomic mass is 35.5. The van der Waals surface area contributed by atoms with Crippen molar-refractivity contribution in [1.82, 2.24) is 30.8 Å². The van der Waals surface area contributed by atoms with Crippen LogP contribution >= 0.6 is 11.6 Å². The molecule has 1 aliphatic carbocycles. The molecule has 1 unspecified atom stereocenters. The number of nitriles is 1. The number of amides is 3. The topological polar surface area (TPSA) is 162 Å². The fraction of sp³-hybridized carbons (Fsp3) is 0.476. The molecule has 56 heavy (non-hydrogen) atoms. The molecule has 1 saturated carbocycles. The van der Waals surface area contributed by atoms with E-state index in [4.69, 9.17) is 21.1 Å². The van der Waals surface area contributed by atoms with Crippen LogP contribution in [0.3, 0.4) is 0 Å². The van der Waals surface area contributed by atoms with E-state index in [1.165, 1.54) is 6.20 Å². The van der Waals surface area contributed by atoms with Crippen LogP contribution < -0.4 is 30.3 Å². The van der Waals surface area contributed by atoms with Gasteiger partial charge in [0.1, 0.15) is 41.2 Å². The molecule has 14 heteroatoms. The number of allylic oxidation sites excluding steroid dienone is 1. The maximum atomic E-state index is 13.4. The maximum absolute atomic E-state index is 13.4. The van der Waals surface area contributed by atoms with E-state index >= 15 is 0 Å². The van der Waals surface area contributed by atoms with Crippen LogP contribution in [-0.4, -0.2) is 90.1 Å². The van der Waals surface area contributed by atoms with E-state index in [1.54, 1.807) is 36.5 Å². The van der Waals surface area contributed by atoms with Gasteiger partial charge in [0.25, 0.3) is 11.8 Å². The highest BCUT2D eigenvalue weighted by molar-refractivity contribution is 6.31. The van der Waals surface area contributed by atoms with Gasteiger partial charge >= 0.3 is 0 Å². The Hall–Kier alpha value is -5.19. The van der Waals surface area contributed by atoms with E-state index in [0.717, 1.165) is 57.8 Å². The zero-order valence-corrected chi connectivity index (χ0v) is 33.3. The molecule has 1 aromatic carbocycles. The molecule has 2 aromatic heterocycles. The average Bonchev–Trinajstić information content (AvgIpc) is 3.18. The lowest BCUT2D eigenvalue weighted by atomic mass is 9.49. The first kappa shape index (κ1) is 40.5. The number of anilines is 1. The Morgan fingerprint density at radius 2 is 1.71 bits per heavy atom. The Morgan fingerprint density at radius 1 is 0.964 bits per heavy atom. The minimum absolute atomic E-state index is 0.140. The lowest BCUT2D eigenvalue weighted by molar-refractivity contribution is -0.164. The summed E-state index contributed by atoms with van der Waals surface area (Å²) in [5, 5.41) is 18.2. The first-order valence-corrected chi connectivity index (χ1v) is 19.6. The Balaban J connectivity index is 0.865. The normalized spacial score (nSPS) is 21.6. The first-order chi connectivity index (χ1) is 26.8. The number of ether oxygens (including phenoxy) is 2. The molecule has 6 rings (SSSR count). The molecule has 0 spiro atoms. The number of carbonyl (C=O) groups is 3. The van der Waals surface area contributed by atoms with E-state index in [9.17, 15) is 19.6 Å². The van der Waals surface area contributed by atoms with Crippen LogP contribution in [0.5, 0.6) is 11.5 Å². The summed E-state index contributed by atoms with van der Waals surface area (Å²) in [7, 11) is 0. The second-order valence-electron chi connectivity index (χ2n) is 16.0. The third-order valence-corrected chi connectivity index (χ3v) is 11.5. The van der Waals surface area contributed by atoms with Crippen molar-refractivity contribution in [2.45, 2.75) is 78.0 Å². The van der Waals surface area contributed by atoms with Crippen LogP contribution in [0.15, 0.2) is 67.1 Å². The van der Waals surface area contributed by atoms with Crippen molar-refractivity contribution in [3.63, 3.8) is 0 Å². The summed E-state index contributed by atoms with van der Waals surface area (Å²) in [6.45, 7) is 17.3. The molecular formula is C42H51ClN8O5. The molecule has 0 radical (unpaired) electrons. The number of pyridine rings is 2. The van der Waals surface area contributed by atoms with Crippen LogP contribution in [0, 0.1) is 22.2 Å². The third kappa shape index (κ3) is 9.25. The number of rotatable bonds is 14. The van der Waals surface area contributed by atoms with E-state index in [1.807, 2.05) is 12.1 Å². The Kier molecular flexibility index (Phi) is 12.5. The summed E-state index contributed by atoms with van der Waals surface area (Å²) in [6.07, 6.45) is 7.16. The summed E-state index contributed by atoms with van der Waals surface area (Å²) in [5.74, 6) is 1.24. The molecule has 4 heterocycles. The lowest BCUT2D eigenvalue weighted by Crippen LogP contribution is -2.74.